The highest BCUT2D eigenvalue weighted by Gasteiger charge is 2.37. The fourth-order valence-electron chi connectivity index (χ4n) is 3.32. The number of ether oxygens (including phenoxy) is 1. The Morgan fingerprint density at radius 1 is 0.769 bits per heavy atom. The molecule has 0 aromatic heterocycles. The van der Waals surface area contributed by atoms with Crippen LogP contribution in [0.1, 0.15) is 42.0 Å². The van der Waals surface area contributed by atoms with Gasteiger partial charge in [0.2, 0.25) is 0 Å². The number of hydrogen-bond acceptors (Lipinski definition) is 1. The van der Waals surface area contributed by atoms with Crippen molar-refractivity contribution in [2.45, 2.75) is 25.4 Å². The molecule has 0 saturated heterocycles. The lowest BCUT2D eigenvalue weighted by Gasteiger charge is -2.36. The van der Waals surface area contributed by atoms with Crippen LogP contribution in [0.3, 0.4) is 0 Å². The Labute approximate surface area is 157 Å². The molecule has 0 aliphatic rings. The van der Waals surface area contributed by atoms with Crippen LogP contribution in [0.25, 0.3) is 6.08 Å². The lowest BCUT2D eigenvalue weighted by Crippen LogP contribution is -2.33. The molecular weight excluding hydrogens is 316 g/mol. The number of benzene rings is 3. The van der Waals surface area contributed by atoms with Crippen molar-refractivity contribution in [2.24, 2.45) is 0 Å². The third-order valence-corrected chi connectivity index (χ3v) is 4.73. The quantitative estimate of drug-likeness (QED) is 0.338. The molecule has 3 aromatic carbocycles. The monoisotopic (exact) mass is 342 g/mol. The lowest BCUT2D eigenvalue weighted by molar-refractivity contribution is 0.0113. The van der Waals surface area contributed by atoms with Gasteiger partial charge in [-0.05, 0) is 28.7 Å². The first-order chi connectivity index (χ1) is 12.8. The molecule has 1 nitrogen and oxygen atoms in total. The van der Waals surface area contributed by atoms with E-state index in [1.807, 2.05) is 18.2 Å². The summed E-state index contributed by atoms with van der Waals surface area (Å²) in [5.74, 6) is 0. The fourth-order valence-corrected chi connectivity index (χ4v) is 3.32. The maximum atomic E-state index is 6.68. The topological polar surface area (TPSA) is 9.23 Å². The van der Waals surface area contributed by atoms with E-state index in [9.17, 15) is 0 Å². The van der Waals surface area contributed by atoms with Gasteiger partial charge in [-0.2, -0.15) is 0 Å². The molecule has 3 rings (SSSR count). The molecule has 0 aliphatic heterocycles. The first-order valence-corrected chi connectivity index (χ1v) is 9.29. The average molecular weight is 342 g/mol. The smallest absolute Gasteiger partial charge is 0.143 e. The summed E-state index contributed by atoms with van der Waals surface area (Å²) in [7, 11) is 0. The van der Waals surface area contributed by atoms with Crippen LogP contribution in [0.15, 0.2) is 91.5 Å². The second kappa shape index (κ2) is 8.64. The van der Waals surface area contributed by atoms with E-state index in [1.54, 1.807) is 0 Å². The van der Waals surface area contributed by atoms with Gasteiger partial charge in [0.05, 0.1) is 0 Å². The molecule has 0 unspecified atom stereocenters. The molecule has 0 radical (unpaired) electrons. The summed E-state index contributed by atoms with van der Waals surface area (Å²) in [5, 5.41) is 0. The summed E-state index contributed by atoms with van der Waals surface area (Å²) in [6.45, 7) is 6.77. The Bertz CT molecular complexity index is 764. The zero-order valence-electron chi connectivity index (χ0n) is 15.4. The van der Waals surface area contributed by atoms with Gasteiger partial charge in [-0.1, -0.05) is 111 Å². The van der Waals surface area contributed by atoms with Crippen LogP contribution in [0.2, 0.25) is 0 Å². The average Bonchev–Trinajstić information content (AvgIpc) is 2.73. The van der Waals surface area contributed by atoms with Crippen molar-refractivity contribution in [3.63, 3.8) is 0 Å². The summed E-state index contributed by atoms with van der Waals surface area (Å²) in [4.78, 5) is 0. The summed E-state index contributed by atoms with van der Waals surface area (Å²) in [5.41, 5.74) is 3.92. The van der Waals surface area contributed by atoms with Crippen LogP contribution in [0.5, 0.6) is 0 Å². The lowest BCUT2D eigenvalue weighted by atomic mass is 9.79. The zero-order chi connectivity index (χ0) is 18.2. The Kier molecular flexibility index (Phi) is 6.04. The van der Waals surface area contributed by atoms with Crippen LogP contribution >= 0.6 is 0 Å². The van der Waals surface area contributed by atoms with Crippen molar-refractivity contribution in [3.8, 4) is 0 Å². The van der Waals surface area contributed by atoms with Crippen molar-refractivity contribution >= 4 is 6.08 Å². The van der Waals surface area contributed by atoms with Crippen LogP contribution < -0.4 is 0 Å². The Morgan fingerprint density at radius 2 is 1.27 bits per heavy atom. The van der Waals surface area contributed by atoms with Crippen molar-refractivity contribution in [1.82, 2.24) is 0 Å². The Morgan fingerprint density at radius 3 is 1.73 bits per heavy atom. The standard InChI is InChI=1S/C25H26O/c1-3-5-20-26-25(22-12-8-6-9-13-22,23-14-10-7-11-15-23)24-18-16-21(4-2)17-19-24/h4,6-19H,2-3,5,20H2,1H3. The van der Waals surface area contributed by atoms with Crippen molar-refractivity contribution in [1.29, 1.82) is 0 Å². The minimum atomic E-state index is -0.614. The van der Waals surface area contributed by atoms with E-state index >= 15 is 0 Å². The highest BCUT2D eigenvalue weighted by atomic mass is 16.5. The molecule has 0 aliphatic carbocycles. The van der Waals surface area contributed by atoms with Crippen molar-refractivity contribution in [2.75, 3.05) is 6.61 Å². The van der Waals surface area contributed by atoms with E-state index in [0.717, 1.165) is 35.1 Å². The normalized spacial score (nSPS) is 11.3. The van der Waals surface area contributed by atoms with E-state index in [0.29, 0.717) is 6.61 Å². The molecule has 0 fully saturated rings. The highest BCUT2D eigenvalue weighted by Crippen LogP contribution is 2.40. The van der Waals surface area contributed by atoms with Crippen LogP contribution in [-0.2, 0) is 10.3 Å². The largest absolute Gasteiger partial charge is 0.361 e. The van der Waals surface area contributed by atoms with Gasteiger partial charge < -0.3 is 4.74 Å². The summed E-state index contributed by atoms with van der Waals surface area (Å²) >= 11 is 0. The molecule has 132 valence electrons. The van der Waals surface area contributed by atoms with E-state index in [4.69, 9.17) is 4.74 Å². The van der Waals surface area contributed by atoms with E-state index in [2.05, 4.69) is 86.3 Å². The molecule has 3 aromatic rings. The van der Waals surface area contributed by atoms with Crippen molar-refractivity contribution < 1.29 is 4.74 Å². The predicted molar refractivity (Wildman–Crippen MR) is 110 cm³/mol. The number of unbranched alkanes of at least 4 members (excludes halogenated alkanes) is 1. The summed E-state index contributed by atoms with van der Waals surface area (Å²) < 4.78 is 6.68. The first-order valence-electron chi connectivity index (χ1n) is 9.29. The van der Waals surface area contributed by atoms with Gasteiger partial charge in [0.1, 0.15) is 5.60 Å². The highest BCUT2D eigenvalue weighted by molar-refractivity contribution is 5.52. The third kappa shape index (κ3) is 3.63. The summed E-state index contributed by atoms with van der Waals surface area (Å²) in [6, 6.07) is 29.5. The summed E-state index contributed by atoms with van der Waals surface area (Å²) in [6.07, 6.45) is 4.01. The van der Waals surface area contributed by atoms with Gasteiger partial charge in [-0.25, -0.2) is 0 Å². The Hall–Kier alpha value is -2.64. The number of hydrogen-bond donors (Lipinski definition) is 0. The second-order valence-electron chi connectivity index (χ2n) is 6.44. The predicted octanol–water partition coefficient (Wildman–Crippen LogP) is 6.44. The van der Waals surface area contributed by atoms with Crippen molar-refractivity contribution in [3.05, 3.63) is 114 Å². The van der Waals surface area contributed by atoms with E-state index in [1.165, 1.54) is 0 Å². The molecule has 0 heterocycles. The number of rotatable bonds is 8. The van der Waals surface area contributed by atoms with Gasteiger partial charge in [-0.3, -0.25) is 0 Å². The molecule has 1 heteroatoms. The minimum Gasteiger partial charge on any atom is -0.361 e. The minimum absolute atomic E-state index is 0.614. The first kappa shape index (κ1) is 18.2. The fraction of sp³-hybridized carbons (Fsp3) is 0.200. The van der Waals surface area contributed by atoms with Gasteiger partial charge in [0, 0.05) is 6.61 Å². The van der Waals surface area contributed by atoms with Gasteiger partial charge in [-0.15, -0.1) is 0 Å². The molecule has 0 saturated carbocycles. The SMILES string of the molecule is C=Cc1ccc(C(OCCCC)(c2ccccc2)c2ccccc2)cc1. The molecular formula is C25H26O. The maximum absolute atomic E-state index is 6.68. The Balaban J connectivity index is 2.21. The van der Waals surface area contributed by atoms with Crippen LogP contribution in [-0.4, -0.2) is 6.61 Å². The molecule has 0 N–H and O–H groups in total. The molecule has 0 amide bonds. The maximum Gasteiger partial charge on any atom is 0.143 e. The molecule has 0 spiro atoms. The molecule has 26 heavy (non-hydrogen) atoms. The van der Waals surface area contributed by atoms with Crippen LogP contribution in [0.4, 0.5) is 0 Å². The second-order valence-corrected chi connectivity index (χ2v) is 6.44. The zero-order valence-corrected chi connectivity index (χ0v) is 15.4. The van der Waals surface area contributed by atoms with Crippen LogP contribution in [0, 0.1) is 0 Å². The third-order valence-electron chi connectivity index (χ3n) is 4.73. The van der Waals surface area contributed by atoms with Gasteiger partial charge in [0.25, 0.3) is 0 Å². The molecule has 0 atom stereocenters. The van der Waals surface area contributed by atoms with Gasteiger partial charge in [0.15, 0.2) is 0 Å². The van der Waals surface area contributed by atoms with E-state index in [-0.39, 0.29) is 0 Å². The molecule has 0 bridgehead atoms. The van der Waals surface area contributed by atoms with Gasteiger partial charge >= 0.3 is 0 Å². The van der Waals surface area contributed by atoms with E-state index < -0.39 is 5.60 Å².